The number of halogens is 10. The maximum Gasteiger partial charge on any atom is 0.198 e. The SMILES string of the molecule is Fc1c(F)c(F)c2c(-c3ccc(Br)s3)c3c(F)c(F)c(F)c(F)c3c(-c3ccc(Br)s3)c2c1F. The van der Waals surface area contributed by atoms with Gasteiger partial charge in [-0.15, -0.1) is 22.7 Å². The van der Waals surface area contributed by atoms with E-state index in [9.17, 15) is 17.6 Å². The summed E-state index contributed by atoms with van der Waals surface area (Å²) < 4.78 is 119. The summed E-state index contributed by atoms with van der Waals surface area (Å²) in [5, 5.41) is -3.77. The van der Waals surface area contributed by atoms with Crippen LogP contribution in [-0.4, -0.2) is 0 Å². The zero-order valence-corrected chi connectivity index (χ0v) is 20.7. The number of rotatable bonds is 2. The highest BCUT2D eigenvalue weighted by atomic mass is 79.9. The Kier molecular flexibility index (Phi) is 5.78. The third kappa shape index (κ3) is 3.25. The molecule has 34 heavy (non-hydrogen) atoms. The molecule has 0 amide bonds. The van der Waals surface area contributed by atoms with E-state index in [1.165, 1.54) is 24.3 Å². The molecule has 0 N–H and O–H groups in total. The summed E-state index contributed by atoms with van der Waals surface area (Å²) in [6.45, 7) is 0. The van der Waals surface area contributed by atoms with Crippen LogP contribution in [0.1, 0.15) is 0 Å². The van der Waals surface area contributed by atoms with Crippen LogP contribution >= 0.6 is 54.5 Å². The van der Waals surface area contributed by atoms with Gasteiger partial charge in [-0.05, 0) is 56.1 Å². The molecule has 0 bridgehead atoms. The molecule has 0 radical (unpaired) electrons. The molecule has 5 rings (SSSR count). The van der Waals surface area contributed by atoms with Crippen LogP contribution in [0.3, 0.4) is 0 Å². The van der Waals surface area contributed by atoms with Gasteiger partial charge in [0.2, 0.25) is 0 Å². The minimum absolute atomic E-state index is 0.0607. The van der Waals surface area contributed by atoms with Crippen LogP contribution in [0.15, 0.2) is 31.8 Å². The topological polar surface area (TPSA) is 0 Å². The molecule has 2 heterocycles. The third-order valence-corrected chi connectivity index (χ3v) is 8.46. The van der Waals surface area contributed by atoms with Crippen molar-refractivity contribution in [3.05, 3.63) is 78.4 Å². The molecule has 0 aliphatic rings. The second kappa shape index (κ2) is 8.28. The Bertz CT molecular complexity index is 1470. The van der Waals surface area contributed by atoms with Gasteiger partial charge in [0.05, 0.1) is 7.57 Å². The van der Waals surface area contributed by atoms with Gasteiger partial charge in [0, 0.05) is 42.4 Å². The normalized spacial score (nSPS) is 11.8. The summed E-state index contributed by atoms with van der Waals surface area (Å²) >= 11 is 7.93. The van der Waals surface area contributed by atoms with Gasteiger partial charge in [0.15, 0.2) is 46.5 Å². The highest BCUT2D eigenvalue weighted by Crippen LogP contribution is 2.51. The second-order valence-electron chi connectivity index (χ2n) is 6.97. The van der Waals surface area contributed by atoms with Gasteiger partial charge >= 0.3 is 0 Å². The number of thiophene rings is 2. The van der Waals surface area contributed by atoms with Gasteiger partial charge in [-0.25, -0.2) is 35.1 Å². The molecular weight excluding hydrogens is 640 g/mol. The van der Waals surface area contributed by atoms with Gasteiger partial charge in [0.1, 0.15) is 0 Å². The summed E-state index contributed by atoms with van der Waals surface area (Å²) in [5.74, 6) is -16.3. The molecule has 0 saturated carbocycles. The zero-order chi connectivity index (χ0) is 24.6. The molecule has 0 aliphatic carbocycles. The van der Waals surface area contributed by atoms with E-state index in [-0.39, 0.29) is 9.75 Å². The van der Waals surface area contributed by atoms with Crippen LogP contribution in [0.4, 0.5) is 35.1 Å². The number of fused-ring (bicyclic) bond motifs is 2. The van der Waals surface area contributed by atoms with E-state index in [1.54, 1.807) is 0 Å². The van der Waals surface area contributed by atoms with Gasteiger partial charge < -0.3 is 0 Å². The fourth-order valence-electron chi connectivity index (χ4n) is 3.84. The molecule has 2 aromatic heterocycles. The summed E-state index contributed by atoms with van der Waals surface area (Å²) in [6.07, 6.45) is 0. The maximum atomic E-state index is 15.3. The molecule has 0 atom stereocenters. The van der Waals surface area contributed by atoms with Gasteiger partial charge in [-0.3, -0.25) is 0 Å². The van der Waals surface area contributed by atoms with Crippen molar-refractivity contribution in [2.45, 2.75) is 0 Å². The Hall–Kier alpha value is -2.02. The van der Waals surface area contributed by atoms with E-state index >= 15 is 17.6 Å². The Morgan fingerprint density at radius 3 is 0.882 bits per heavy atom. The van der Waals surface area contributed by atoms with E-state index in [2.05, 4.69) is 31.9 Å². The molecule has 0 nitrogen and oxygen atoms in total. The van der Waals surface area contributed by atoms with Crippen LogP contribution < -0.4 is 0 Å². The molecule has 0 saturated heterocycles. The average Bonchev–Trinajstić information content (AvgIpc) is 3.44. The van der Waals surface area contributed by atoms with Gasteiger partial charge in [0.25, 0.3) is 0 Å². The lowest BCUT2D eigenvalue weighted by Crippen LogP contribution is -2.06. The van der Waals surface area contributed by atoms with Crippen molar-refractivity contribution in [3.8, 4) is 20.9 Å². The monoisotopic (exact) mass is 642 g/mol. The predicted octanol–water partition coefficient (Wildman–Crippen LogP) is 10.1. The lowest BCUT2D eigenvalue weighted by Gasteiger charge is -2.19. The third-order valence-electron chi connectivity index (χ3n) is 5.17. The fraction of sp³-hybridized carbons (Fsp3) is 0. The molecular formula is C22H4Br2F8S2. The highest BCUT2D eigenvalue weighted by molar-refractivity contribution is 9.11. The van der Waals surface area contributed by atoms with E-state index < -0.39 is 79.2 Å². The summed E-state index contributed by atoms with van der Waals surface area (Å²) in [6, 6.07) is 5.40. The predicted molar refractivity (Wildman–Crippen MR) is 123 cm³/mol. The number of hydrogen-bond acceptors (Lipinski definition) is 2. The zero-order valence-electron chi connectivity index (χ0n) is 15.9. The van der Waals surface area contributed by atoms with Crippen LogP contribution in [0.5, 0.6) is 0 Å². The van der Waals surface area contributed by atoms with Crippen LogP contribution in [0, 0.1) is 46.5 Å². The van der Waals surface area contributed by atoms with E-state index in [4.69, 9.17) is 0 Å². The first-order valence-corrected chi connectivity index (χ1v) is 12.2. The van der Waals surface area contributed by atoms with E-state index in [1.807, 2.05) is 0 Å². The Morgan fingerprint density at radius 1 is 0.412 bits per heavy atom. The van der Waals surface area contributed by atoms with Crippen molar-refractivity contribution >= 4 is 76.1 Å². The highest BCUT2D eigenvalue weighted by Gasteiger charge is 2.34. The summed E-state index contributed by atoms with van der Waals surface area (Å²) in [7, 11) is 0. The molecule has 0 aliphatic heterocycles. The average molecular weight is 644 g/mol. The number of hydrogen-bond donors (Lipinski definition) is 0. The lowest BCUT2D eigenvalue weighted by molar-refractivity contribution is 0.416. The molecule has 5 aromatic rings. The van der Waals surface area contributed by atoms with Crippen LogP contribution in [0.25, 0.3) is 42.4 Å². The molecule has 174 valence electrons. The second-order valence-corrected chi connectivity index (χ2v) is 11.9. The summed E-state index contributed by atoms with van der Waals surface area (Å²) in [5.41, 5.74) is -1.30. The van der Waals surface area contributed by atoms with Crippen molar-refractivity contribution in [1.29, 1.82) is 0 Å². The molecule has 3 aromatic carbocycles. The molecule has 0 unspecified atom stereocenters. The van der Waals surface area contributed by atoms with Crippen LogP contribution in [-0.2, 0) is 0 Å². The minimum Gasteiger partial charge on any atom is -0.203 e. The van der Waals surface area contributed by atoms with Crippen molar-refractivity contribution in [1.82, 2.24) is 0 Å². The van der Waals surface area contributed by atoms with Crippen LogP contribution in [0.2, 0.25) is 0 Å². The van der Waals surface area contributed by atoms with Crippen molar-refractivity contribution < 1.29 is 35.1 Å². The van der Waals surface area contributed by atoms with E-state index in [0.717, 1.165) is 22.7 Å². The first kappa shape index (κ1) is 23.7. The fourth-order valence-corrected chi connectivity index (χ4v) is 6.73. The Labute approximate surface area is 209 Å². The lowest BCUT2D eigenvalue weighted by atomic mass is 9.88. The van der Waals surface area contributed by atoms with Crippen molar-refractivity contribution in [3.63, 3.8) is 0 Å². The first-order chi connectivity index (χ1) is 16.0. The number of benzene rings is 3. The molecule has 12 heteroatoms. The minimum atomic E-state index is -2.19. The Morgan fingerprint density at radius 2 is 0.676 bits per heavy atom. The van der Waals surface area contributed by atoms with Crippen molar-refractivity contribution in [2.75, 3.05) is 0 Å². The first-order valence-electron chi connectivity index (χ1n) is 9.03. The standard InChI is InChI=1S/C22H4Br2F8S2/c23-7-3-1-5(33-7)9-11-13(17(27)21(31)19(29)15(11)25)10(6-2-4-8(24)34-6)14-12(9)16(26)20(30)22(32)18(14)28/h1-4H. The molecule has 0 spiro atoms. The largest absolute Gasteiger partial charge is 0.203 e. The maximum absolute atomic E-state index is 15.3. The van der Waals surface area contributed by atoms with Crippen molar-refractivity contribution in [2.24, 2.45) is 0 Å². The van der Waals surface area contributed by atoms with E-state index in [0.29, 0.717) is 7.57 Å². The van der Waals surface area contributed by atoms with Gasteiger partial charge in [-0.2, -0.15) is 0 Å². The summed E-state index contributed by atoms with van der Waals surface area (Å²) in [4.78, 5) is -0.121. The smallest absolute Gasteiger partial charge is 0.198 e. The Balaban J connectivity index is 2.25. The van der Waals surface area contributed by atoms with Gasteiger partial charge in [-0.1, -0.05) is 0 Å². The quantitative estimate of drug-likeness (QED) is 0.0777. The molecule has 0 fully saturated rings.